The molecule has 2 aliphatic heterocycles. The molecule has 2 saturated heterocycles. The van der Waals surface area contributed by atoms with Crippen LogP contribution in [0.1, 0.15) is 40.2 Å². The van der Waals surface area contributed by atoms with Gasteiger partial charge in [-0.3, -0.25) is 28.9 Å². The Morgan fingerprint density at radius 2 is 1.40 bits per heavy atom. The maximum Gasteiger partial charge on any atom is 0.573 e. The molecular weight excluding hydrogens is 767 g/mol. The number of phenolic OH excluding ortho intramolecular Hbond substituents is 1. The van der Waals surface area contributed by atoms with Crippen LogP contribution >= 0.6 is 23.2 Å². The number of hydrogen-bond acceptors (Lipinski definition) is 7. The highest BCUT2D eigenvalue weighted by Crippen LogP contribution is 2.66. The zero-order valence-corrected chi connectivity index (χ0v) is 29.6. The number of rotatable bonds is 6. The van der Waals surface area contributed by atoms with Crippen molar-refractivity contribution >= 4 is 64.0 Å². The van der Waals surface area contributed by atoms with Gasteiger partial charge in [-0.05, 0) is 85.5 Å². The first-order chi connectivity index (χ1) is 26.0. The number of ether oxygens (including phenoxy) is 1. The molecule has 4 aromatic carbocycles. The Morgan fingerprint density at radius 3 is 2.05 bits per heavy atom. The molecule has 4 amide bonds. The van der Waals surface area contributed by atoms with Crippen molar-refractivity contribution in [1.82, 2.24) is 0 Å². The molecule has 8 rings (SSSR count). The van der Waals surface area contributed by atoms with Gasteiger partial charge in [-0.25, -0.2) is 9.29 Å². The first kappa shape index (κ1) is 36.4. The molecule has 3 fully saturated rings. The number of imide groups is 2. The van der Waals surface area contributed by atoms with Gasteiger partial charge >= 0.3 is 6.36 Å². The van der Waals surface area contributed by atoms with Gasteiger partial charge < -0.3 is 9.84 Å². The molecule has 1 saturated carbocycles. The number of fused-ring (bicyclic) bond motifs is 4. The minimum absolute atomic E-state index is 0.0791. The van der Waals surface area contributed by atoms with E-state index in [9.17, 15) is 46.6 Å². The number of aromatic hydroxyl groups is 1. The number of amides is 4. The van der Waals surface area contributed by atoms with Crippen molar-refractivity contribution in [2.75, 3.05) is 9.80 Å². The van der Waals surface area contributed by atoms with Gasteiger partial charge in [0, 0.05) is 22.6 Å². The van der Waals surface area contributed by atoms with Crippen molar-refractivity contribution in [2.45, 2.75) is 34.9 Å². The fourth-order valence-corrected chi connectivity index (χ4v) is 9.40. The summed E-state index contributed by atoms with van der Waals surface area (Å²) in [6.07, 6.45) is -4.16. The molecule has 0 spiro atoms. The number of ketones is 1. The molecule has 2 aliphatic carbocycles. The molecule has 4 aromatic rings. The molecule has 0 aromatic heterocycles. The lowest BCUT2D eigenvalue weighted by atomic mass is 9.56. The predicted octanol–water partition coefficient (Wildman–Crippen LogP) is 7.43. The van der Waals surface area contributed by atoms with E-state index in [4.69, 9.17) is 23.2 Å². The number of nitrogens with zero attached hydrogens (tertiary/aromatic N) is 2. The first-order valence-corrected chi connectivity index (χ1v) is 17.7. The van der Waals surface area contributed by atoms with E-state index in [1.54, 1.807) is 36.4 Å². The van der Waals surface area contributed by atoms with E-state index in [1.807, 2.05) is 0 Å². The molecule has 4 aliphatic rings. The summed E-state index contributed by atoms with van der Waals surface area (Å²) in [5, 5.41) is 11.2. The Bertz CT molecular complexity index is 2340. The number of anilines is 2. The fourth-order valence-electron chi connectivity index (χ4n) is 8.48. The molecular formula is C40H26Cl2F4N2O7. The van der Waals surface area contributed by atoms with Gasteiger partial charge in [-0.2, -0.15) is 0 Å². The minimum atomic E-state index is -5.15. The minimum Gasteiger partial charge on any atom is -0.508 e. The topological polar surface area (TPSA) is 121 Å². The highest BCUT2D eigenvalue weighted by atomic mass is 35.5. The maximum absolute atomic E-state index is 14.5. The standard InChI is InChI=1S/C40H26Cl2F4N2O7/c41-38-19-29-26(15-16-27-31(29)35(52)47(34(27)51)23-10-6-21(7-11-23)33(50)20-4-2-1-3-5-20)32(28-18-25(14-17-30(28)49)55-40(44,45)46)39(38,42)37(54)48(36(38)53)24-12-8-22(43)9-13-24/h1-15,17-18,27,29,31-32,49H,16,19H2/t27-,29+,31-,32+,38+,39-/m0/s1. The molecule has 0 bridgehead atoms. The van der Waals surface area contributed by atoms with E-state index in [0.29, 0.717) is 16.0 Å². The summed E-state index contributed by atoms with van der Waals surface area (Å²) in [4.78, 5) is 67.1. The Labute approximate surface area is 319 Å². The van der Waals surface area contributed by atoms with Crippen LogP contribution in [-0.2, 0) is 19.2 Å². The van der Waals surface area contributed by atoms with Gasteiger partial charge in [0.05, 0.1) is 23.2 Å². The van der Waals surface area contributed by atoms with Crippen molar-refractivity contribution in [2.24, 2.45) is 17.8 Å². The average molecular weight is 794 g/mol. The molecule has 1 N–H and O–H groups in total. The zero-order valence-electron chi connectivity index (χ0n) is 28.1. The molecule has 55 heavy (non-hydrogen) atoms. The summed E-state index contributed by atoms with van der Waals surface area (Å²) in [6, 6.07) is 21.2. The van der Waals surface area contributed by atoms with Crippen LogP contribution in [0.5, 0.6) is 11.5 Å². The summed E-state index contributed by atoms with van der Waals surface area (Å²) < 4.78 is 58.2. The molecule has 0 radical (unpaired) electrons. The van der Waals surface area contributed by atoms with E-state index in [1.165, 1.54) is 24.3 Å². The van der Waals surface area contributed by atoms with Gasteiger partial charge in [-0.1, -0.05) is 42.0 Å². The van der Waals surface area contributed by atoms with Crippen molar-refractivity contribution in [1.29, 1.82) is 0 Å². The summed E-state index contributed by atoms with van der Waals surface area (Å²) in [7, 11) is 0. The Morgan fingerprint density at radius 1 is 0.782 bits per heavy atom. The number of phenols is 1. The van der Waals surface area contributed by atoms with E-state index in [0.717, 1.165) is 47.4 Å². The van der Waals surface area contributed by atoms with E-state index in [-0.39, 0.29) is 34.7 Å². The molecule has 280 valence electrons. The quantitative estimate of drug-likeness (QED) is 0.0709. The van der Waals surface area contributed by atoms with Crippen molar-refractivity contribution < 1.29 is 51.4 Å². The second-order valence-electron chi connectivity index (χ2n) is 13.8. The molecule has 0 unspecified atom stereocenters. The highest BCUT2D eigenvalue weighted by Gasteiger charge is 2.77. The van der Waals surface area contributed by atoms with Crippen LogP contribution in [0.15, 0.2) is 109 Å². The van der Waals surface area contributed by atoms with Crippen LogP contribution in [0.4, 0.5) is 28.9 Å². The largest absolute Gasteiger partial charge is 0.573 e. The van der Waals surface area contributed by atoms with E-state index in [2.05, 4.69) is 4.74 Å². The van der Waals surface area contributed by atoms with Gasteiger partial charge in [0.25, 0.3) is 11.8 Å². The lowest BCUT2D eigenvalue weighted by molar-refractivity contribution is -0.274. The Hall–Kier alpha value is -5.53. The Balaban J connectivity index is 1.23. The van der Waals surface area contributed by atoms with Crippen LogP contribution in [0.3, 0.4) is 0 Å². The second kappa shape index (κ2) is 12.8. The Kier molecular flexibility index (Phi) is 8.46. The lowest BCUT2D eigenvalue weighted by Gasteiger charge is -2.50. The van der Waals surface area contributed by atoms with Crippen molar-refractivity contribution in [3.8, 4) is 11.5 Å². The number of allylic oxidation sites excluding steroid dienone is 2. The van der Waals surface area contributed by atoms with Crippen molar-refractivity contribution in [3.05, 3.63) is 131 Å². The summed E-state index contributed by atoms with van der Waals surface area (Å²) in [5.41, 5.74) is 0.640. The monoisotopic (exact) mass is 792 g/mol. The maximum atomic E-state index is 14.5. The number of halogens is 6. The third kappa shape index (κ3) is 5.54. The van der Waals surface area contributed by atoms with E-state index >= 15 is 0 Å². The van der Waals surface area contributed by atoms with Gasteiger partial charge in [0.15, 0.2) is 15.5 Å². The molecule has 15 heteroatoms. The highest BCUT2D eigenvalue weighted by molar-refractivity contribution is 6.58. The van der Waals surface area contributed by atoms with Crippen LogP contribution in [0.25, 0.3) is 0 Å². The average Bonchev–Trinajstić information content (AvgIpc) is 3.50. The predicted molar refractivity (Wildman–Crippen MR) is 190 cm³/mol. The van der Waals surface area contributed by atoms with Gasteiger partial charge in [0.2, 0.25) is 11.8 Å². The second-order valence-corrected chi connectivity index (χ2v) is 15.0. The van der Waals surface area contributed by atoms with Gasteiger partial charge in [0.1, 0.15) is 17.3 Å². The number of benzene rings is 4. The van der Waals surface area contributed by atoms with Crippen LogP contribution in [-0.4, -0.2) is 50.6 Å². The van der Waals surface area contributed by atoms with Crippen LogP contribution < -0.4 is 14.5 Å². The van der Waals surface area contributed by atoms with E-state index < -0.39 is 87.1 Å². The first-order valence-electron chi connectivity index (χ1n) is 16.9. The molecule has 2 heterocycles. The van der Waals surface area contributed by atoms with Crippen LogP contribution in [0.2, 0.25) is 0 Å². The number of carbonyl (C=O) groups excluding carboxylic acids is 5. The summed E-state index contributed by atoms with van der Waals surface area (Å²) >= 11 is 14.6. The number of carbonyl (C=O) groups is 5. The molecule has 6 atom stereocenters. The third-order valence-corrected chi connectivity index (χ3v) is 12.3. The third-order valence-electron chi connectivity index (χ3n) is 10.9. The molecule has 9 nitrogen and oxygen atoms in total. The normalized spacial score (nSPS) is 27.4. The number of alkyl halides is 5. The SMILES string of the molecule is O=C(c1ccccc1)c1ccc(N2C(=O)[C@H]3[C@H](CC=C4[C@H]3C[C@@]3(Cl)C(=O)N(c5ccc(F)cc5)C(=O)[C@@]3(Cl)[C@H]4c3cc(OC(F)(F)F)ccc3O)C2=O)cc1. The summed E-state index contributed by atoms with van der Waals surface area (Å²) in [5.74, 6) is -10.7. The van der Waals surface area contributed by atoms with Gasteiger partial charge in [-0.15, -0.1) is 36.4 Å². The fraction of sp³-hybridized carbons (Fsp3) is 0.225. The van der Waals surface area contributed by atoms with Crippen molar-refractivity contribution in [3.63, 3.8) is 0 Å². The smallest absolute Gasteiger partial charge is 0.508 e. The zero-order chi connectivity index (χ0) is 39.2. The number of hydrogen-bond donors (Lipinski definition) is 1. The lowest BCUT2D eigenvalue weighted by Crippen LogP contribution is -2.60. The summed E-state index contributed by atoms with van der Waals surface area (Å²) in [6.45, 7) is 0. The van der Waals surface area contributed by atoms with Crippen LogP contribution in [0, 0.1) is 23.6 Å².